The highest BCUT2D eigenvalue weighted by Crippen LogP contribution is 2.27. The van der Waals surface area contributed by atoms with Gasteiger partial charge in [-0.25, -0.2) is 12.8 Å². The zero-order valence-electron chi connectivity index (χ0n) is 16.9. The number of carbonyl (C=O) groups is 1. The normalized spacial score (nSPS) is 16.6. The van der Waals surface area contributed by atoms with Crippen LogP contribution in [0.1, 0.15) is 35.6 Å². The van der Waals surface area contributed by atoms with Crippen LogP contribution in [0.3, 0.4) is 0 Å². The monoisotopic (exact) mass is 429 g/mol. The van der Waals surface area contributed by atoms with Gasteiger partial charge in [0.05, 0.1) is 11.0 Å². The second-order valence-corrected chi connectivity index (χ2v) is 9.45. The lowest BCUT2D eigenvalue weighted by molar-refractivity contribution is -0.126. The van der Waals surface area contributed by atoms with Gasteiger partial charge in [-0.15, -0.1) is 0 Å². The molecule has 1 aliphatic rings. The molecule has 0 spiro atoms. The lowest BCUT2D eigenvalue weighted by Gasteiger charge is -2.31. The average molecular weight is 430 g/mol. The molecule has 8 heteroatoms. The fourth-order valence-corrected chi connectivity index (χ4v) is 5.41. The molecule has 2 aromatic carbocycles. The van der Waals surface area contributed by atoms with E-state index in [4.69, 9.17) is 0 Å². The quantitative estimate of drug-likeness (QED) is 0.790. The Labute approximate surface area is 176 Å². The van der Waals surface area contributed by atoms with Gasteiger partial charge >= 0.3 is 0 Å². The van der Waals surface area contributed by atoms with E-state index in [1.54, 1.807) is 25.1 Å². The van der Waals surface area contributed by atoms with E-state index >= 15 is 0 Å². The Balaban J connectivity index is 1.65. The predicted molar refractivity (Wildman–Crippen MR) is 110 cm³/mol. The molecule has 3 rings (SSSR count). The number of rotatable bonds is 5. The van der Waals surface area contributed by atoms with Crippen molar-refractivity contribution in [3.63, 3.8) is 0 Å². The zero-order valence-corrected chi connectivity index (χ0v) is 17.7. The smallest absolute Gasteiger partial charge is 0.243 e. The number of nitrogens with zero attached hydrogens (tertiary/aromatic N) is 2. The average Bonchev–Trinajstić information content (AvgIpc) is 2.72. The summed E-state index contributed by atoms with van der Waals surface area (Å²) in [5.41, 5.74) is 1.79. The Morgan fingerprint density at radius 2 is 1.87 bits per heavy atom. The molecule has 1 atom stereocenters. The first-order valence-corrected chi connectivity index (χ1v) is 11.2. The van der Waals surface area contributed by atoms with Gasteiger partial charge in [0.15, 0.2) is 0 Å². The molecular weight excluding hydrogens is 405 g/mol. The van der Waals surface area contributed by atoms with Crippen LogP contribution >= 0.6 is 0 Å². The van der Waals surface area contributed by atoms with Gasteiger partial charge in [0.1, 0.15) is 11.9 Å². The minimum absolute atomic E-state index is 0.114. The minimum atomic E-state index is -3.64. The maximum atomic E-state index is 13.9. The number of hydrogen-bond acceptors (Lipinski definition) is 4. The second kappa shape index (κ2) is 8.94. The van der Waals surface area contributed by atoms with E-state index in [-0.39, 0.29) is 29.5 Å². The molecule has 30 heavy (non-hydrogen) atoms. The van der Waals surface area contributed by atoms with Crippen LogP contribution < -0.4 is 5.32 Å². The molecule has 1 aliphatic heterocycles. The lowest BCUT2D eigenvalue weighted by atomic mass is 9.96. The van der Waals surface area contributed by atoms with Gasteiger partial charge in [-0.1, -0.05) is 35.9 Å². The van der Waals surface area contributed by atoms with Crippen molar-refractivity contribution in [3.05, 3.63) is 65.0 Å². The molecule has 158 valence electrons. The highest BCUT2D eigenvalue weighted by Gasteiger charge is 2.33. The summed E-state index contributed by atoms with van der Waals surface area (Å²) in [7, 11) is -3.64. The Hall–Kier alpha value is -2.76. The molecular formula is C22H24FN3O3S. The van der Waals surface area contributed by atoms with Gasteiger partial charge in [-0.05, 0) is 44.4 Å². The summed E-state index contributed by atoms with van der Waals surface area (Å²) in [6.07, 6.45) is 0.677. The van der Waals surface area contributed by atoms with Gasteiger partial charge in [-0.2, -0.15) is 9.57 Å². The fraction of sp³-hybridized carbons (Fsp3) is 0.364. The number of carbonyl (C=O) groups excluding carboxylic acids is 1. The summed E-state index contributed by atoms with van der Waals surface area (Å²) in [5.74, 6) is -1.36. The van der Waals surface area contributed by atoms with Crippen molar-refractivity contribution in [1.29, 1.82) is 5.26 Å². The number of benzene rings is 2. The number of sulfonamides is 1. The van der Waals surface area contributed by atoms with Gasteiger partial charge in [-0.3, -0.25) is 4.79 Å². The summed E-state index contributed by atoms with van der Waals surface area (Å²) in [6, 6.07) is 11.9. The first kappa shape index (κ1) is 21.9. The Morgan fingerprint density at radius 3 is 2.47 bits per heavy atom. The number of halogens is 1. The van der Waals surface area contributed by atoms with Crippen molar-refractivity contribution in [2.45, 2.75) is 37.6 Å². The zero-order chi connectivity index (χ0) is 21.9. The van der Waals surface area contributed by atoms with E-state index in [0.717, 1.165) is 5.56 Å². The van der Waals surface area contributed by atoms with Crippen molar-refractivity contribution in [1.82, 2.24) is 9.62 Å². The van der Waals surface area contributed by atoms with E-state index in [9.17, 15) is 22.9 Å². The summed E-state index contributed by atoms with van der Waals surface area (Å²) in [4.78, 5) is 12.9. The van der Waals surface area contributed by atoms with E-state index in [1.807, 2.05) is 19.1 Å². The van der Waals surface area contributed by atoms with Crippen molar-refractivity contribution in [3.8, 4) is 6.07 Å². The van der Waals surface area contributed by atoms with Crippen LogP contribution in [0.5, 0.6) is 0 Å². The SMILES string of the molecule is Cc1ccc(S(=O)(=O)N2CCC(C(=O)NC(C#N)c3ccccc3F)CC2)c(C)c1. The van der Waals surface area contributed by atoms with E-state index < -0.39 is 27.8 Å². The predicted octanol–water partition coefficient (Wildman–Crippen LogP) is 3.22. The first-order valence-electron chi connectivity index (χ1n) is 9.76. The van der Waals surface area contributed by atoms with Crippen LogP contribution in [0, 0.1) is 36.9 Å². The molecule has 1 saturated heterocycles. The number of nitriles is 1. The van der Waals surface area contributed by atoms with Crippen LogP contribution in [0.2, 0.25) is 0 Å². The summed E-state index contributed by atoms with van der Waals surface area (Å²) < 4.78 is 41.3. The Bertz CT molecular complexity index is 1090. The molecule has 0 aromatic heterocycles. The first-order chi connectivity index (χ1) is 14.2. The molecule has 0 aliphatic carbocycles. The van der Waals surface area contributed by atoms with E-state index in [1.165, 1.54) is 22.5 Å². The standard InChI is InChI=1S/C22H24FN3O3S/c1-15-7-8-21(16(2)13-15)30(28,29)26-11-9-17(10-12-26)22(27)25-20(14-24)18-5-3-4-6-19(18)23/h3-8,13,17,20H,9-12H2,1-2H3,(H,25,27). The number of nitrogens with one attached hydrogen (secondary N) is 1. The van der Waals surface area contributed by atoms with Crippen LogP contribution in [0.15, 0.2) is 47.4 Å². The molecule has 1 amide bonds. The van der Waals surface area contributed by atoms with Gasteiger partial charge in [0.2, 0.25) is 15.9 Å². The number of piperidine rings is 1. The number of aryl methyl sites for hydroxylation is 2. The number of amides is 1. The van der Waals surface area contributed by atoms with Crippen molar-refractivity contribution >= 4 is 15.9 Å². The maximum absolute atomic E-state index is 13.9. The van der Waals surface area contributed by atoms with Gasteiger partial charge < -0.3 is 5.32 Å². The largest absolute Gasteiger partial charge is 0.336 e. The molecule has 1 heterocycles. The Kier molecular flexibility index (Phi) is 6.54. The van der Waals surface area contributed by atoms with Crippen LogP contribution in [-0.2, 0) is 14.8 Å². The third kappa shape index (κ3) is 4.53. The molecule has 0 radical (unpaired) electrons. The molecule has 6 nitrogen and oxygen atoms in total. The fourth-order valence-electron chi connectivity index (χ4n) is 3.74. The van der Waals surface area contributed by atoms with Crippen molar-refractivity contribution in [2.75, 3.05) is 13.1 Å². The molecule has 0 bridgehead atoms. The summed E-state index contributed by atoms with van der Waals surface area (Å²) >= 11 is 0. The molecule has 1 unspecified atom stereocenters. The third-order valence-corrected chi connectivity index (χ3v) is 7.46. The molecule has 1 N–H and O–H groups in total. The molecule has 0 saturated carbocycles. The van der Waals surface area contributed by atoms with Gasteiger partial charge in [0, 0.05) is 24.6 Å². The minimum Gasteiger partial charge on any atom is -0.336 e. The number of hydrogen-bond donors (Lipinski definition) is 1. The topological polar surface area (TPSA) is 90.3 Å². The maximum Gasteiger partial charge on any atom is 0.243 e. The molecule has 1 fully saturated rings. The van der Waals surface area contributed by atoms with Crippen LogP contribution in [0.4, 0.5) is 4.39 Å². The highest BCUT2D eigenvalue weighted by molar-refractivity contribution is 7.89. The van der Waals surface area contributed by atoms with Crippen LogP contribution in [-0.4, -0.2) is 31.7 Å². The van der Waals surface area contributed by atoms with Crippen molar-refractivity contribution in [2.24, 2.45) is 5.92 Å². The van der Waals surface area contributed by atoms with Gasteiger partial charge in [0.25, 0.3) is 0 Å². The summed E-state index contributed by atoms with van der Waals surface area (Å²) in [6.45, 7) is 4.10. The summed E-state index contributed by atoms with van der Waals surface area (Å²) in [5, 5.41) is 11.9. The Morgan fingerprint density at radius 1 is 1.20 bits per heavy atom. The lowest BCUT2D eigenvalue weighted by Crippen LogP contribution is -2.43. The highest BCUT2D eigenvalue weighted by atomic mass is 32.2. The van der Waals surface area contributed by atoms with Crippen LogP contribution in [0.25, 0.3) is 0 Å². The third-order valence-electron chi connectivity index (χ3n) is 5.40. The van der Waals surface area contributed by atoms with E-state index in [2.05, 4.69) is 5.32 Å². The second-order valence-electron chi connectivity index (χ2n) is 7.54. The van der Waals surface area contributed by atoms with Crippen molar-refractivity contribution < 1.29 is 17.6 Å². The molecule has 2 aromatic rings. The van der Waals surface area contributed by atoms with E-state index in [0.29, 0.717) is 18.4 Å².